The highest BCUT2D eigenvalue weighted by Crippen LogP contribution is 2.48. The lowest BCUT2D eigenvalue weighted by atomic mass is 9.80. The Labute approximate surface area is 148 Å². The third-order valence-electron chi connectivity index (χ3n) is 4.89. The molecule has 1 nitrogen and oxygen atoms in total. The lowest BCUT2D eigenvalue weighted by Crippen LogP contribution is -2.19. The van der Waals surface area contributed by atoms with Crippen LogP contribution in [0, 0.1) is 0 Å². The quantitative estimate of drug-likeness (QED) is 0.608. The Balaban J connectivity index is 1.75. The molecule has 0 radical (unpaired) electrons. The summed E-state index contributed by atoms with van der Waals surface area (Å²) in [6.45, 7) is 6.72. The van der Waals surface area contributed by atoms with Gasteiger partial charge in [0.05, 0.1) is 5.92 Å². The minimum Gasteiger partial charge on any atom is -0.485 e. The standard InChI is InChI=1S/C22H21ClO/c1-22(2,3)15-9-7-14(8-10-15)17-5-4-6-20-21(17)18-13-16(23)11-12-19(18)24-20/h4-13,20-21H,1-3H3. The summed E-state index contributed by atoms with van der Waals surface area (Å²) >= 11 is 6.23. The van der Waals surface area contributed by atoms with Crippen LogP contribution in [-0.4, -0.2) is 6.10 Å². The van der Waals surface area contributed by atoms with Crippen molar-refractivity contribution in [1.82, 2.24) is 0 Å². The number of fused-ring (bicyclic) bond motifs is 3. The largest absolute Gasteiger partial charge is 0.485 e. The molecule has 2 aromatic rings. The van der Waals surface area contributed by atoms with E-state index >= 15 is 0 Å². The highest BCUT2D eigenvalue weighted by atomic mass is 35.5. The number of ether oxygens (including phenoxy) is 1. The van der Waals surface area contributed by atoms with Gasteiger partial charge in [-0.3, -0.25) is 0 Å². The SMILES string of the molecule is CC(C)(C)c1ccc(C2=CC=CC3Oc4ccc(Cl)cc4C23)cc1. The third-order valence-corrected chi connectivity index (χ3v) is 5.13. The van der Waals surface area contributed by atoms with Crippen molar-refractivity contribution in [3.63, 3.8) is 0 Å². The number of rotatable bonds is 1. The van der Waals surface area contributed by atoms with Gasteiger partial charge in [-0.1, -0.05) is 68.8 Å². The number of hydrogen-bond donors (Lipinski definition) is 0. The maximum atomic E-state index is 6.23. The summed E-state index contributed by atoms with van der Waals surface area (Å²) in [7, 11) is 0. The molecule has 1 heterocycles. The first-order valence-corrected chi connectivity index (χ1v) is 8.77. The predicted molar refractivity (Wildman–Crippen MR) is 101 cm³/mol. The summed E-state index contributed by atoms with van der Waals surface area (Å²) in [5.74, 6) is 1.15. The maximum absolute atomic E-state index is 6.23. The van der Waals surface area contributed by atoms with Crippen LogP contribution >= 0.6 is 11.6 Å². The topological polar surface area (TPSA) is 9.23 Å². The monoisotopic (exact) mass is 336 g/mol. The van der Waals surface area contributed by atoms with E-state index in [-0.39, 0.29) is 17.4 Å². The van der Waals surface area contributed by atoms with Crippen molar-refractivity contribution in [2.45, 2.75) is 38.2 Å². The van der Waals surface area contributed by atoms with E-state index in [1.54, 1.807) is 0 Å². The van der Waals surface area contributed by atoms with Crippen LogP contribution in [0.4, 0.5) is 0 Å². The van der Waals surface area contributed by atoms with E-state index in [0.29, 0.717) is 0 Å². The average molecular weight is 337 g/mol. The molecule has 2 aliphatic rings. The summed E-state index contributed by atoms with van der Waals surface area (Å²) in [6, 6.07) is 14.8. The first-order chi connectivity index (χ1) is 11.4. The van der Waals surface area contributed by atoms with Crippen molar-refractivity contribution in [3.05, 3.63) is 82.4 Å². The van der Waals surface area contributed by atoms with Crippen LogP contribution in [0.15, 0.2) is 60.7 Å². The maximum Gasteiger partial charge on any atom is 0.128 e. The van der Waals surface area contributed by atoms with E-state index in [2.05, 4.69) is 63.3 Å². The molecule has 2 unspecified atom stereocenters. The zero-order valence-corrected chi connectivity index (χ0v) is 15.0. The Hall–Kier alpha value is -1.99. The van der Waals surface area contributed by atoms with Crippen molar-refractivity contribution in [2.24, 2.45) is 0 Å². The van der Waals surface area contributed by atoms with Gasteiger partial charge in [-0.25, -0.2) is 0 Å². The van der Waals surface area contributed by atoms with Crippen molar-refractivity contribution in [1.29, 1.82) is 0 Å². The molecular formula is C22H21ClO. The molecular weight excluding hydrogens is 316 g/mol. The van der Waals surface area contributed by atoms with Crippen LogP contribution in [0.3, 0.4) is 0 Å². The second-order valence-corrected chi connectivity index (χ2v) is 8.01. The van der Waals surface area contributed by atoms with E-state index in [1.807, 2.05) is 18.2 Å². The number of hydrogen-bond acceptors (Lipinski definition) is 1. The highest BCUT2D eigenvalue weighted by molar-refractivity contribution is 6.30. The van der Waals surface area contributed by atoms with E-state index in [1.165, 1.54) is 22.3 Å². The molecule has 0 saturated carbocycles. The molecule has 2 heteroatoms. The molecule has 2 atom stereocenters. The summed E-state index contributed by atoms with van der Waals surface area (Å²) in [4.78, 5) is 0. The zero-order valence-electron chi connectivity index (χ0n) is 14.2. The minimum atomic E-state index is 0.0563. The molecule has 4 rings (SSSR count). The van der Waals surface area contributed by atoms with Gasteiger partial charge < -0.3 is 4.74 Å². The van der Waals surface area contributed by atoms with Crippen LogP contribution in [0.25, 0.3) is 5.57 Å². The Bertz CT molecular complexity index is 837. The van der Waals surface area contributed by atoms with Gasteiger partial charge in [-0.05, 0) is 46.4 Å². The summed E-state index contributed by atoms with van der Waals surface area (Å²) in [5.41, 5.74) is 5.24. The molecule has 0 fully saturated rings. The van der Waals surface area contributed by atoms with Crippen LogP contribution in [0.5, 0.6) is 5.75 Å². The van der Waals surface area contributed by atoms with Gasteiger partial charge in [0.2, 0.25) is 0 Å². The average Bonchev–Trinajstić information content (AvgIpc) is 2.92. The highest BCUT2D eigenvalue weighted by Gasteiger charge is 2.37. The normalized spacial score (nSPS) is 21.8. The fraction of sp³-hybridized carbons (Fsp3) is 0.273. The Kier molecular flexibility index (Phi) is 3.58. The third kappa shape index (κ3) is 2.57. The Morgan fingerprint density at radius 1 is 1.00 bits per heavy atom. The van der Waals surface area contributed by atoms with Gasteiger partial charge in [0.15, 0.2) is 0 Å². The summed E-state index contributed by atoms with van der Waals surface area (Å²) in [6.07, 6.45) is 6.49. The van der Waals surface area contributed by atoms with E-state index in [4.69, 9.17) is 16.3 Å². The van der Waals surface area contributed by atoms with E-state index in [9.17, 15) is 0 Å². The van der Waals surface area contributed by atoms with Crippen LogP contribution in [-0.2, 0) is 5.41 Å². The van der Waals surface area contributed by atoms with Gasteiger partial charge >= 0.3 is 0 Å². The fourth-order valence-electron chi connectivity index (χ4n) is 3.57. The minimum absolute atomic E-state index is 0.0563. The molecule has 1 aliphatic heterocycles. The predicted octanol–water partition coefficient (Wildman–Crippen LogP) is 6.14. The number of allylic oxidation sites excluding steroid dienone is 2. The Morgan fingerprint density at radius 2 is 1.75 bits per heavy atom. The van der Waals surface area contributed by atoms with Crippen LogP contribution < -0.4 is 4.74 Å². The first-order valence-electron chi connectivity index (χ1n) is 8.39. The van der Waals surface area contributed by atoms with Crippen molar-refractivity contribution in [2.75, 3.05) is 0 Å². The summed E-state index contributed by atoms with van der Waals surface area (Å²) < 4.78 is 6.11. The molecule has 0 aromatic heterocycles. The van der Waals surface area contributed by atoms with Crippen molar-refractivity contribution in [3.8, 4) is 5.75 Å². The van der Waals surface area contributed by atoms with Gasteiger partial charge in [-0.2, -0.15) is 0 Å². The van der Waals surface area contributed by atoms with Gasteiger partial charge in [-0.15, -0.1) is 0 Å². The van der Waals surface area contributed by atoms with Crippen molar-refractivity contribution < 1.29 is 4.74 Å². The van der Waals surface area contributed by atoms with Crippen LogP contribution in [0.2, 0.25) is 5.02 Å². The van der Waals surface area contributed by atoms with Gasteiger partial charge in [0.1, 0.15) is 11.9 Å². The number of benzene rings is 2. The van der Waals surface area contributed by atoms with Gasteiger partial charge in [0, 0.05) is 10.6 Å². The molecule has 1 aliphatic carbocycles. The second kappa shape index (κ2) is 5.53. The smallest absolute Gasteiger partial charge is 0.128 e. The molecule has 0 amide bonds. The molecule has 0 saturated heterocycles. The lowest BCUT2D eigenvalue weighted by molar-refractivity contribution is 0.271. The van der Waals surface area contributed by atoms with Crippen molar-refractivity contribution >= 4 is 17.2 Å². The first kappa shape index (κ1) is 15.5. The lowest BCUT2D eigenvalue weighted by Gasteiger charge is -2.24. The second-order valence-electron chi connectivity index (χ2n) is 7.58. The summed E-state index contributed by atoms with van der Waals surface area (Å²) in [5, 5.41) is 0.759. The fourth-order valence-corrected chi connectivity index (χ4v) is 3.75. The molecule has 0 N–H and O–H groups in total. The van der Waals surface area contributed by atoms with Gasteiger partial charge in [0.25, 0.3) is 0 Å². The number of halogens is 1. The zero-order chi connectivity index (χ0) is 16.9. The molecule has 0 spiro atoms. The molecule has 122 valence electrons. The Morgan fingerprint density at radius 3 is 2.46 bits per heavy atom. The van der Waals surface area contributed by atoms with Crippen LogP contribution in [0.1, 0.15) is 43.4 Å². The molecule has 24 heavy (non-hydrogen) atoms. The molecule has 2 aromatic carbocycles. The molecule has 0 bridgehead atoms. The van der Waals surface area contributed by atoms with E-state index in [0.717, 1.165) is 10.8 Å². The van der Waals surface area contributed by atoms with E-state index < -0.39 is 0 Å².